The molecule has 108 valence electrons. The maximum atomic E-state index is 10.4. The van der Waals surface area contributed by atoms with E-state index in [4.69, 9.17) is 0 Å². The molecule has 1 fully saturated rings. The molecule has 0 aromatic carbocycles. The van der Waals surface area contributed by atoms with E-state index < -0.39 is 5.60 Å². The molecule has 1 aromatic rings. The zero-order chi connectivity index (χ0) is 13.7. The maximum Gasteiger partial charge on any atom is 0.0771 e. The summed E-state index contributed by atoms with van der Waals surface area (Å²) in [4.78, 5) is 0. The first kappa shape index (κ1) is 14.5. The Hall–Kier alpha value is -0.870. The van der Waals surface area contributed by atoms with Gasteiger partial charge in [-0.05, 0) is 32.3 Å². The van der Waals surface area contributed by atoms with E-state index in [1.165, 1.54) is 12.1 Å². The quantitative estimate of drug-likeness (QED) is 0.829. The number of rotatable bonds is 6. The van der Waals surface area contributed by atoms with Gasteiger partial charge in [0, 0.05) is 19.6 Å². The summed E-state index contributed by atoms with van der Waals surface area (Å²) in [7, 11) is 0. The number of hydrogen-bond acceptors (Lipinski definition) is 3. The monoisotopic (exact) mass is 265 g/mol. The Morgan fingerprint density at radius 1 is 1.32 bits per heavy atom. The van der Waals surface area contributed by atoms with E-state index in [0.29, 0.717) is 6.54 Å². The Bertz CT molecular complexity index is 394. The van der Waals surface area contributed by atoms with Gasteiger partial charge in [0.15, 0.2) is 0 Å². The Balaban J connectivity index is 1.86. The van der Waals surface area contributed by atoms with E-state index in [9.17, 15) is 5.11 Å². The molecule has 0 spiro atoms. The standard InChI is InChI=1S/C15H27N3O/c1-3-13-10-14(18(4-2)17-13)11-16-12-15(19)8-6-5-7-9-15/h10,16,19H,3-9,11-12H2,1-2H3. The van der Waals surface area contributed by atoms with Crippen molar-refractivity contribution in [3.63, 3.8) is 0 Å². The van der Waals surface area contributed by atoms with Gasteiger partial charge in [0.2, 0.25) is 0 Å². The molecule has 0 bridgehead atoms. The highest BCUT2D eigenvalue weighted by Crippen LogP contribution is 2.27. The highest BCUT2D eigenvalue weighted by atomic mass is 16.3. The zero-order valence-corrected chi connectivity index (χ0v) is 12.3. The van der Waals surface area contributed by atoms with Gasteiger partial charge in [0.25, 0.3) is 0 Å². The van der Waals surface area contributed by atoms with Crippen LogP contribution in [0.1, 0.15) is 57.3 Å². The molecular weight excluding hydrogens is 238 g/mol. The van der Waals surface area contributed by atoms with Crippen molar-refractivity contribution in [3.8, 4) is 0 Å². The number of aliphatic hydroxyl groups is 1. The van der Waals surface area contributed by atoms with E-state index in [-0.39, 0.29) is 0 Å². The van der Waals surface area contributed by atoms with Crippen molar-refractivity contribution in [2.24, 2.45) is 0 Å². The first-order valence-corrected chi connectivity index (χ1v) is 7.65. The third-order valence-corrected chi connectivity index (χ3v) is 4.12. The topological polar surface area (TPSA) is 50.1 Å². The normalized spacial score (nSPS) is 18.7. The van der Waals surface area contributed by atoms with Gasteiger partial charge in [-0.25, -0.2) is 0 Å². The van der Waals surface area contributed by atoms with Crippen LogP contribution >= 0.6 is 0 Å². The van der Waals surface area contributed by atoms with Crippen molar-refractivity contribution in [1.82, 2.24) is 15.1 Å². The molecular formula is C15H27N3O. The predicted octanol–water partition coefficient (Wildman–Crippen LogP) is 2.25. The number of nitrogens with one attached hydrogen (secondary N) is 1. The van der Waals surface area contributed by atoms with Crippen LogP contribution in [0.2, 0.25) is 0 Å². The molecule has 0 saturated heterocycles. The number of aromatic nitrogens is 2. The summed E-state index contributed by atoms with van der Waals surface area (Å²) in [5.74, 6) is 0. The SMILES string of the molecule is CCc1cc(CNCC2(O)CCCCC2)n(CC)n1. The number of hydrogen-bond donors (Lipinski definition) is 2. The predicted molar refractivity (Wildman–Crippen MR) is 77.0 cm³/mol. The van der Waals surface area contributed by atoms with Crippen molar-refractivity contribution in [2.45, 2.75) is 71.1 Å². The maximum absolute atomic E-state index is 10.4. The molecule has 0 amide bonds. The van der Waals surface area contributed by atoms with Gasteiger partial charge in [-0.15, -0.1) is 0 Å². The summed E-state index contributed by atoms with van der Waals surface area (Å²) in [6.45, 7) is 6.64. The molecule has 2 rings (SSSR count). The summed E-state index contributed by atoms with van der Waals surface area (Å²) in [5.41, 5.74) is 1.89. The molecule has 4 nitrogen and oxygen atoms in total. The fraction of sp³-hybridized carbons (Fsp3) is 0.800. The number of aryl methyl sites for hydroxylation is 2. The first-order valence-electron chi connectivity index (χ1n) is 7.65. The van der Waals surface area contributed by atoms with Crippen LogP contribution in [-0.4, -0.2) is 27.0 Å². The molecule has 1 aliphatic rings. The van der Waals surface area contributed by atoms with Gasteiger partial charge in [0.05, 0.1) is 17.0 Å². The molecule has 1 heterocycles. The Kier molecular flexibility index (Phi) is 4.99. The lowest BCUT2D eigenvalue weighted by Gasteiger charge is -2.32. The van der Waals surface area contributed by atoms with Crippen LogP contribution in [0.25, 0.3) is 0 Å². The van der Waals surface area contributed by atoms with E-state index in [1.807, 2.05) is 0 Å². The van der Waals surface area contributed by atoms with Crippen LogP contribution in [-0.2, 0) is 19.5 Å². The zero-order valence-electron chi connectivity index (χ0n) is 12.3. The first-order chi connectivity index (χ1) is 9.17. The van der Waals surface area contributed by atoms with Gasteiger partial charge in [-0.3, -0.25) is 4.68 Å². The third kappa shape index (κ3) is 3.80. The van der Waals surface area contributed by atoms with Gasteiger partial charge in [-0.1, -0.05) is 26.2 Å². The minimum Gasteiger partial charge on any atom is -0.389 e. The van der Waals surface area contributed by atoms with Gasteiger partial charge < -0.3 is 10.4 Å². The fourth-order valence-electron chi connectivity index (χ4n) is 2.91. The summed E-state index contributed by atoms with van der Waals surface area (Å²) < 4.78 is 2.05. The second-order valence-corrected chi connectivity index (χ2v) is 5.68. The second kappa shape index (κ2) is 6.53. The molecule has 0 radical (unpaired) electrons. The fourth-order valence-corrected chi connectivity index (χ4v) is 2.91. The molecule has 0 atom stereocenters. The minimum atomic E-state index is -0.483. The average Bonchev–Trinajstić information content (AvgIpc) is 2.82. The Labute approximate surface area is 116 Å². The Morgan fingerprint density at radius 3 is 2.68 bits per heavy atom. The molecule has 19 heavy (non-hydrogen) atoms. The van der Waals surface area contributed by atoms with Crippen molar-refractivity contribution in [1.29, 1.82) is 0 Å². The second-order valence-electron chi connectivity index (χ2n) is 5.68. The highest BCUT2D eigenvalue weighted by molar-refractivity contribution is 5.10. The van der Waals surface area contributed by atoms with Crippen molar-refractivity contribution < 1.29 is 5.11 Å². The third-order valence-electron chi connectivity index (χ3n) is 4.12. The van der Waals surface area contributed by atoms with Gasteiger partial charge in [-0.2, -0.15) is 5.10 Å². The van der Waals surface area contributed by atoms with Crippen LogP contribution < -0.4 is 5.32 Å². The Morgan fingerprint density at radius 2 is 2.05 bits per heavy atom. The van der Waals surface area contributed by atoms with Crippen LogP contribution in [0.4, 0.5) is 0 Å². The molecule has 1 aliphatic carbocycles. The van der Waals surface area contributed by atoms with Crippen molar-refractivity contribution >= 4 is 0 Å². The van der Waals surface area contributed by atoms with E-state index in [1.54, 1.807) is 0 Å². The van der Waals surface area contributed by atoms with Crippen molar-refractivity contribution in [2.75, 3.05) is 6.54 Å². The van der Waals surface area contributed by atoms with E-state index in [2.05, 4.69) is 35.0 Å². The minimum absolute atomic E-state index is 0.483. The van der Waals surface area contributed by atoms with Gasteiger partial charge >= 0.3 is 0 Å². The van der Waals surface area contributed by atoms with Crippen molar-refractivity contribution in [3.05, 3.63) is 17.5 Å². The molecule has 2 N–H and O–H groups in total. The number of nitrogens with zero attached hydrogens (tertiary/aromatic N) is 2. The smallest absolute Gasteiger partial charge is 0.0771 e. The summed E-state index contributed by atoms with van der Waals surface area (Å²) in [6, 6.07) is 2.17. The largest absolute Gasteiger partial charge is 0.389 e. The summed E-state index contributed by atoms with van der Waals surface area (Å²) >= 11 is 0. The molecule has 0 aliphatic heterocycles. The van der Waals surface area contributed by atoms with Crippen LogP contribution in [0, 0.1) is 0 Å². The summed E-state index contributed by atoms with van der Waals surface area (Å²) in [5, 5.41) is 18.4. The van der Waals surface area contributed by atoms with E-state index in [0.717, 1.165) is 50.9 Å². The van der Waals surface area contributed by atoms with Gasteiger partial charge in [0.1, 0.15) is 0 Å². The molecule has 1 aromatic heterocycles. The van der Waals surface area contributed by atoms with Crippen LogP contribution in [0.3, 0.4) is 0 Å². The van der Waals surface area contributed by atoms with Crippen LogP contribution in [0.5, 0.6) is 0 Å². The lowest BCUT2D eigenvalue weighted by Crippen LogP contribution is -2.42. The lowest BCUT2D eigenvalue weighted by atomic mass is 9.85. The summed E-state index contributed by atoms with van der Waals surface area (Å²) in [6.07, 6.45) is 6.44. The molecule has 4 heteroatoms. The molecule has 0 unspecified atom stereocenters. The van der Waals surface area contributed by atoms with E-state index >= 15 is 0 Å². The lowest BCUT2D eigenvalue weighted by molar-refractivity contribution is 0.00455. The molecule has 1 saturated carbocycles. The average molecular weight is 265 g/mol. The highest BCUT2D eigenvalue weighted by Gasteiger charge is 2.28. The van der Waals surface area contributed by atoms with Crippen LogP contribution in [0.15, 0.2) is 6.07 Å².